The second kappa shape index (κ2) is 12.8. The van der Waals surface area contributed by atoms with Gasteiger partial charge in [0.15, 0.2) is 6.10 Å². The van der Waals surface area contributed by atoms with E-state index in [0.29, 0.717) is 33.1 Å². The molecular formula is C29H27ClF3N3O5. The number of ether oxygens (including phenoxy) is 2. The van der Waals surface area contributed by atoms with Crippen molar-refractivity contribution in [3.8, 4) is 0 Å². The van der Waals surface area contributed by atoms with Crippen LogP contribution in [0.2, 0.25) is 5.02 Å². The smallest absolute Gasteiger partial charge is 0.387 e. The van der Waals surface area contributed by atoms with E-state index in [-0.39, 0.29) is 13.2 Å². The number of amides is 2. The number of nitrogens with zero attached hydrogens (tertiary/aromatic N) is 2. The van der Waals surface area contributed by atoms with Gasteiger partial charge in [0, 0.05) is 30.3 Å². The number of aliphatic hydroxyl groups excluding tert-OH is 1. The number of carbonyl (C=O) groups excluding carboxylic acids is 2. The average Bonchev–Trinajstić information content (AvgIpc) is 3.04. The van der Waals surface area contributed by atoms with E-state index in [1.807, 2.05) is 30.3 Å². The number of carbonyl (C=O) groups is 2. The molecule has 2 N–H and O–H groups in total. The molecular weight excluding hydrogens is 563 g/mol. The summed E-state index contributed by atoms with van der Waals surface area (Å²) in [5.41, 5.74) is 1.91. The van der Waals surface area contributed by atoms with Crippen molar-refractivity contribution in [1.29, 1.82) is 0 Å². The van der Waals surface area contributed by atoms with Gasteiger partial charge in [-0.15, -0.1) is 0 Å². The van der Waals surface area contributed by atoms with Gasteiger partial charge in [-0.2, -0.15) is 13.2 Å². The SMILES string of the molecule is CO[C@@H](C(=O)NC1N=C(c2ccccc2)c2cc(Cl)ccc2N(C)C1=O)[C@@H](O)COCc1ccc(C(F)(F)F)cc1. The molecule has 4 rings (SSSR count). The third-order valence-corrected chi connectivity index (χ3v) is 6.66. The van der Waals surface area contributed by atoms with Gasteiger partial charge in [-0.1, -0.05) is 54.1 Å². The minimum absolute atomic E-state index is 0.106. The predicted octanol–water partition coefficient (Wildman–Crippen LogP) is 4.21. The Morgan fingerprint density at radius 2 is 1.80 bits per heavy atom. The summed E-state index contributed by atoms with van der Waals surface area (Å²) in [6, 6.07) is 18.5. The van der Waals surface area contributed by atoms with Crippen LogP contribution in [0.3, 0.4) is 0 Å². The topological polar surface area (TPSA) is 100 Å². The maximum atomic E-state index is 13.4. The van der Waals surface area contributed by atoms with Crippen molar-refractivity contribution in [2.24, 2.45) is 4.99 Å². The molecule has 41 heavy (non-hydrogen) atoms. The first kappa shape index (κ1) is 30.2. The Morgan fingerprint density at radius 1 is 1.12 bits per heavy atom. The summed E-state index contributed by atoms with van der Waals surface area (Å²) in [6.07, 6.45) is -8.70. The third kappa shape index (κ3) is 7.12. The molecule has 1 unspecified atom stereocenters. The summed E-state index contributed by atoms with van der Waals surface area (Å²) in [7, 11) is 2.76. The Balaban J connectivity index is 1.48. The van der Waals surface area contributed by atoms with Crippen molar-refractivity contribution in [2.75, 3.05) is 25.7 Å². The van der Waals surface area contributed by atoms with Crippen LogP contribution in [0.4, 0.5) is 18.9 Å². The molecule has 216 valence electrons. The standard InChI is InChI=1S/C29H27ClF3N3O5/c1-36-22-13-12-20(30)14-21(22)24(18-6-4-3-5-7-18)34-26(28(36)39)35-27(38)25(40-2)23(37)16-41-15-17-8-10-19(11-9-17)29(31,32)33/h3-14,23,25-26,37H,15-16H2,1-2H3,(H,35,38)/t23-,25+,26?/m0/s1. The second-order valence-corrected chi connectivity index (χ2v) is 9.68. The maximum absolute atomic E-state index is 13.4. The first-order valence-electron chi connectivity index (χ1n) is 12.5. The summed E-state index contributed by atoms with van der Waals surface area (Å²) >= 11 is 6.26. The molecule has 0 aliphatic carbocycles. The lowest BCUT2D eigenvalue weighted by Crippen LogP contribution is -2.52. The van der Waals surface area contributed by atoms with Gasteiger partial charge in [0.25, 0.3) is 11.8 Å². The molecule has 0 spiro atoms. The number of likely N-dealkylation sites (N-methyl/N-ethyl adjacent to an activating group) is 1. The third-order valence-electron chi connectivity index (χ3n) is 6.42. The summed E-state index contributed by atoms with van der Waals surface area (Å²) in [5, 5.41) is 13.6. The molecule has 1 aliphatic rings. The quantitative estimate of drug-likeness (QED) is 0.390. The fourth-order valence-electron chi connectivity index (χ4n) is 4.30. The van der Waals surface area contributed by atoms with Gasteiger partial charge in [-0.25, -0.2) is 4.99 Å². The molecule has 0 aromatic heterocycles. The van der Waals surface area contributed by atoms with Crippen molar-refractivity contribution in [2.45, 2.75) is 31.2 Å². The van der Waals surface area contributed by atoms with E-state index >= 15 is 0 Å². The maximum Gasteiger partial charge on any atom is 0.416 e. The van der Waals surface area contributed by atoms with Crippen LogP contribution in [-0.2, 0) is 31.8 Å². The Kier molecular flexibility index (Phi) is 9.44. The molecule has 0 radical (unpaired) electrons. The van der Waals surface area contributed by atoms with Crippen molar-refractivity contribution in [3.63, 3.8) is 0 Å². The number of hydrogen-bond acceptors (Lipinski definition) is 6. The van der Waals surface area contributed by atoms with Gasteiger partial charge < -0.3 is 24.8 Å². The van der Waals surface area contributed by atoms with Crippen LogP contribution >= 0.6 is 11.6 Å². The second-order valence-electron chi connectivity index (χ2n) is 9.25. The van der Waals surface area contributed by atoms with Crippen LogP contribution in [0.1, 0.15) is 22.3 Å². The monoisotopic (exact) mass is 589 g/mol. The Bertz CT molecular complexity index is 1420. The highest BCUT2D eigenvalue weighted by atomic mass is 35.5. The van der Waals surface area contributed by atoms with E-state index in [1.165, 1.54) is 24.1 Å². The number of hydrogen-bond donors (Lipinski definition) is 2. The number of benzene rings is 3. The zero-order valence-corrected chi connectivity index (χ0v) is 22.8. The molecule has 0 fully saturated rings. The molecule has 3 atom stereocenters. The van der Waals surface area contributed by atoms with Crippen molar-refractivity contribution in [3.05, 3.63) is 100 Å². The van der Waals surface area contributed by atoms with E-state index in [2.05, 4.69) is 10.3 Å². The molecule has 0 saturated heterocycles. The molecule has 0 saturated carbocycles. The number of benzodiazepines with no additional fused rings is 1. The minimum atomic E-state index is -4.45. The van der Waals surface area contributed by atoms with E-state index < -0.39 is 41.9 Å². The summed E-state index contributed by atoms with van der Waals surface area (Å²) in [4.78, 5) is 32.5. The predicted molar refractivity (Wildman–Crippen MR) is 147 cm³/mol. The lowest BCUT2D eigenvalue weighted by molar-refractivity contribution is -0.143. The average molecular weight is 590 g/mol. The molecule has 1 heterocycles. The number of nitrogens with one attached hydrogen (secondary N) is 1. The van der Waals surface area contributed by atoms with E-state index in [9.17, 15) is 27.9 Å². The normalized spacial score (nSPS) is 16.9. The fourth-order valence-corrected chi connectivity index (χ4v) is 4.47. The Morgan fingerprint density at radius 3 is 2.44 bits per heavy atom. The Labute approximate surface area is 239 Å². The van der Waals surface area contributed by atoms with Gasteiger partial charge in [0.05, 0.1) is 30.2 Å². The number of anilines is 1. The highest BCUT2D eigenvalue weighted by molar-refractivity contribution is 6.32. The van der Waals surface area contributed by atoms with Crippen molar-refractivity contribution >= 4 is 34.8 Å². The molecule has 3 aromatic rings. The van der Waals surface area contributed by atoms with Gasteiger partial charge >= 0.3 is 6.18 Å². The summed E-state index contributed by atoms with van der Waals surface area (Å²) < 4.78 is 48.9. The van der Waals surface area contributed by atoms with Crippen LogP contribution in [0, 0.1) is 0 Å². The zero-order chi connectivity index (χ0) is 29.7. The lowest BCUT2D eigenvalue weighted by atomic mass is 10.0. The molecule has 8 nitrogen and oxygen atoms in total. The largest absolute Gasteiger partial charge is 0.416 e. The van der Waals surface area contributed by atoms with E-state index in [4.69, 9.17) is 21.1 Å². The van der Waals surface area contributed by atoms with Crippen molar-refractivity contribution in [1.82, 2.24) is 5.32 Å². The summed E-state index contributed by atoms with van der Waals surface area (Å²) in [6.45, 7) is -0.474. The van der Waals surface area contributed by atoms with Gasteiger partial charge in [0.1, 0.15) is 6.10 Å². The zero-order valence-electron chi connectivity index (χ0n) is 22.1. The lowest BCUT2D eigenvalue weighted by Gasteiger charge is -2.24. The van der Waals surface area contributed by atoms with Crippen LogP contribution in [0.15, 0.2) is 77.8 Å². The highest BCUT2D eigenvalue weighted by Gasteiger charge is 2.35. The fraction of sp³-hybridized carbons (Fsp3) is 0.276. The number of rotatable bonds is 9. The van der Waals surface area contributed by atoms with Gasteiger partial charge in [-0.3, -0.25) is 9.59 Å². The van der Waals surface area contributed by atoms with Crippen LogP contribution in [-0.4, -0.2) is 61.8 Å². The highest BCUT2D eigenvalue weighted by Crippen LogP contribution is 2.30. The first-order valence-corrected chi connectivity index (χ1v) is 12.8. The number of alkyl halides is 3. The number of halogens is 4. The number of methoxy groups -OCH3 is 1. The summed E-state index contributed by atoms with van der Waals surface area (Å²) in [5.74, 6) is -1.35. The molecule has 12 heteroatoms. The van der Waals surface area contributed by atoms with E-state index in [1.54, 1.807) is 25.2 Å². The molecule has 3 aromatic carbocycles. The van der Waals surface area contributed by atoms with Crippen molar-refractivity contribution < 1.29 is 37.3 Å². The van der Waals surface area contributed by atoms with Crippen LogP contribution < -0.4 is 10.2 Å². The first-order chi connectivity index (χ1) is 19.5. The van der Waals surface area contributed by atoms with Crippen LogP contribution in [0.5, 0.6) is 0 Å². The minimum Gasteiger partial charge on any atom is -0.387 e. The van der Waals surface area contributed by atoms with E-state index in [0.717, 1.165) is 12.1 Å². The van der Waals surface area contributed by atoms with Gasteiger partial charge in [-0.05, 0) is 35.9 Å². The molecule has 2 amide bonds. The van der Waals surface area contributed by atoms with Crippen LogP contribution in [0.25, 0.3) is 0 Å². The molecule has 1 aliphatic heterocycles. The number of fused-ring (bicyclic) bond motifs is 1. The number of aliphatic hydroxyl groups is 1. The Hall–Kier alpha value is -3.77. The molecule has 0 bridgehead atoms. The number of aliphatic imine (C=N–C) groups is 1. The van der Waals surface area contributed by atoms with Gasteiger partial charge in [0.2, 0.25) is 6.17 Å².